The molecule has 0 saturated carbocycles. The summed E-state index contributed by atoms with van der Waals surface area (Å²) in [4.78, 5) is 22.7. The molecule has 0 aliphatic rings. The first kappa shape index (κ1) is 15.3. The van der Waals surface area contributed by atoms with Gasteiger partial charge >= 0.3 is 12.0 Å². The number of hydrogen-bond acceptors (Lipinski definition) is 3. The van der Waals surface area contributed by atoms with Gasteiger partial charge < -0.3 is 15.7 Å². The van der Waals surface area contributed by atoms with E-state index in [1.807, 2.05) is 17.7 Å². The first-order valence-corrected chi connectivity index (χ1v) is 7.38. The smallest absolute Gasteiger partial charge is 0.335 e. The van der Waals surface area contributed by atoms with Crippen LogP contribution >= 0.6 is 22.9 Å². The van der Waals surface area contributed by atoms with Crippen molar-refractivity contribution >= 4 is 40.6 Å². The van der Waals surface area contributed by atoms with Crippen LogP contribution in [-0.2, 0) is 6.54 Å². The minimum absolute atomic E-state index is 0.0199. The van der Waals surface area contributed by atoms with Crippen LogP contribution in [0, 0.1) is 6.92 Å². The number of carbonyl (C=O) groups excluding carboxylic acids is 1. The van der Waals surface area contributed by atoms with Crippen molar-refractivity contribution in [2.24, 2.45) is 0 Å². The van der Waals surface area contributed by atoms with Crippen LogP contribution < -0.4 is 10.6 Å². The molecule has 0 spiro atoms. The third kappa shape index (κ3) is 4.21. The molecule has 2 aromatic rings. The Labute approximate surface area is 130 Å². The van der Waals surface area contributed by atoms with E-state index in [4.69, 9.17) is 16.7 Å². The summed E-state index contributed by atoms with van der Waals surface area (Å²) in [6.07, 6.45) is 0. The Morgan fingerprint density at radius 3 is 2.67 bits per heavy atom. The van der Waals surface area contributed by atoms with Gasteiger partial charge in [0.25, 0.3) is 0 Å². The minimum Gasteiger partial charge on any atom is -0.478 e. The normalized spacial score (nSPS) is 10.2. The van der Waals surface area contributed by atoms with Gasteiger partial charge in [0.15, 0.2) is 0 Å². The van der Waals surface area contributed by atoms with Crippen LogP contribution in [0.2, 0.25) is 5.02 Å². The molecule has 2 amide bonds. The van der Waals surface area contributed by atoms with E-state index in [0.29, 0.717) is 12.2 Å². The van der Waals surface area contributed by atoms with Gasteiger partial charge in [-0.3, -0.25) is 0 Å². The zero-order valence-corrected chi connectivity index (χ0v) is 12.7. The Morgan fingerprint density at radius 2 is 2.05 bits per heavy atom. The summed E-state index contributed by atoms with van der Waals surface area (Å²) in [5.41, 5.74) is 2.52. The summed E-state index contributed by atoms with van der Waals surface area (Å²) in [6, 6.07) is 3.74. The fourth-order valence-corrected chi connectivity index (χ4v) is 2.80. The van der Waals surface area contributed by atoms with E-state index in [-0.39, 0.29) is 10.6 Å². The second-order valence-electron chi connectivity index (χ2n) is 4.42. The largest absolute Gasteiger partial charge is 0.478 e. The maximum atomic E-state index is 11.8. The van der Waals surface area contributed by atoms with Crippen LogP contribution in [-0.4, -0.2) is 17.1 Å². The second-order valence-corrected chi connectivity index (χ2v) is 5.60. The van der Waals surface area contributed by atoms with E-state index >= 15 is 0 Å². The summed E-state index contributed by atoms with van der Waals surface area (Å²) < 4.78 is 0. The molecule has 1 aromatic heterocycles. The molecule has 5 nitrogen and oxygen atoms in total. The molecule has 1 heterocycles. The summed E-state index contributed by atoms with van der Waals surface area (Å²) in [6.45, 7) is 2.38. The molecule has 1 aromatic carbocycles. The molecule has 7 heteroatoms. The van der Waals surface area contributed by atoms with E-state index in [2.05, 4.69) is 10.6 Å². The van der Waals surface area contributed by atoms with Gasteiger partial charge in [-0.15, -0.1) is 0 Å². The van der Waals surface area contributed by atoms with Crippen molar-refractivity contribution in [2.45, 2.75) is 13.5 Å². The Bertz CT molecular complexity index is 685. The van der Waals surface area contributed by atoms with Crippen molar-refractivity contribution in [2.75, 3.05) is 5.32 Å². The molecular formula is C14H13ClN2O3S. The minimum atomic E-state index is -1.10. The van der Waals surface area contributed by atoms with Gasteiger partial charge in [0.2, 0.25) is 0 Å². The number of rotatable bonds is 4. The van der Waals surface area contributed by atoms with Crippen molar-refractivity contribution in [3.8, 4) is 0 Å². The average Bonchev–Trinajstić information content (AvgIpc) is 2.81. The molecule has 2 rings (SSSR count). The number of aromatic carboxylic acids is 1. The van der Waals surface area contributed by atoms with Gasteiger partial charge in [-0.25, -0.2) is 9.59 Å². The van der Waals surface area contributed by atoms with Crippen molar-refractivity contribution in [1.29, 1.82) is 0 Å². The first-order chi connectivity index (χ1) is 9.95. The monoisotopic (exact) mass is 324 g/mol. The summed E-state index contributed by atoms with van der Waals surface area (Å²) >= 11 is 7.40. The number of anilines is 1. The highest BCUT2D eigenvalue weighted by atomic mass is 35.5. The van der Waals surface area contributed by atoms with Crippen LogP contribution in [0.3, 0.4) is 0 Å². The summed E-state index contributed by atoms with van der Waals surface area (Å²) in [7, 11) is 0. The molecule has 0 unspecified atom stereocenters. The van der Waals surface area contributed by atoms with Crippen LogP contribution in [0.4, 0.5) is 10.5 Å². The van der Waals surface area contributed by atoms with E-state index in [9.17, 15) is 9.59 Å². The molecule has 21 heavy (non-hydrogen) atoms. The highest BCUT2D eigenvalue weighted by Gasteiger charge is 2.09. The number of nitrogens with one attached hydrogen (secondary N) is 2. The fourth-order valence-electron chi connectivity index (χ4n) is 1.70. The van der Waals surface area contributed by atoms with E-state index in [0.717, 1.165) is 11.1 Å². The molecule has 0 atom stereocenters. The quantitative estimate of drug-likeness (QED) is 0.801. The van der Waals surface area contributed by atoms with Gasteiger partial charge in [-0.2, -0.15) is 11.3 Å². The number of hydrogen-bond donors (Lipinski definition) is 3. The Balaban J connectivity index is 1.99. The predicted molar refractivity (Wildman–Crippen MR) is 83.3 cm³/mol. The number of carboxylic acid groups (broad SMARTS) is 1. The Hall–Kier alpha value is -2.05. The van der Waals surface area contributed by atoms with Gasteiger partial charge in [0.1, 0.15) is 0 Å². The fraction of sp³-hybridized carbons (Fsp3) is 0.143. The third-order valence-electron chi connectivity index (χ3n) is 2.80. The SMILES string of the molecule is Cc1cscc1CNC(=O)Nc1cc(Cl)cc(C(=O)O)c1. The zero-order chi connectivity index (χ0) is 15.4. The summed E-state index contributed by atoms with van der Waals surface area (Å²) in [5, 5.41) is 18.4. The van der Waals surface area contributed by atoms with Gasteiger partial charge in [-0.1, -0.05) is 11.6 Å². The first-order valence-electron chi connectivity index (χ1n) is 6.06. The zero-order valence-electron chi connectivity index (χ0n) is 11.1. The number of thiophene rings is 1. The van der Waals surface area contributed by atoms with Crippen molar-refractivity contribution in [1.82, 2.24) is 5.32 Å². The van der Waals surface area contributed by atoms with Crippen molar-refractivity contribution < 1.29 is 14.7 Å². The maximum absolute atomic E-state index is 11.8. The van der Waals surface area contributed by atoms with Crippen LogP contribution in [0.1, 0.15) is 21.5 Å². The summed E-state index contributed by atoms with van der Waals surface area (Å²) in [5.74, 6) is -1.10. The number of urea groups is 1. The van der Waals surface area contributed by atoms with Crippen LogP contribution in [0.15, 0.2) is 29.0 Å². The number of carbonyl (C=O) groups is 2. The average molecular weight is 325 g/mol. The lowest BCUT2D eigenvalue weighted by molar-refractivity contribution is 0.0697. The molecule has 0 radical (unpaired) electrons. The molecule has 0 fully saturated rings. The molecule has 0 aliphatic carbocycles. The Kier molecular flexibility index (Phi) is 4.82. The Morgan fingerprint density at radius 1 is 1.29 bits per heavy atom. The van der Waals surface area contributed by atoms with Gasteiger partial charge in [0, 0.05) is 17.3 Å². The van der Waals surface area contributed by atoms with E-state index in [1.165, 1.54) is 18.2 Å². The van der Waals surface area contributed by atoms with Crippen LogP contribution in [0.5, 0.6) is 0 Å². The van der Waals surface area contributed by atoms with E-state index < -0.39 is 12.0 Å². The molecule has 0 saturated heterocycles. The molecule has 3 N–H and O–H groups in total. The highest BCUT2D eigenvalue weighted by molar-refractivity contribution is 7.08. The van der Waals surface area contributed by atoms with Crippen molar-refractivity contribution in [3.05, 3.63) is 50.7 Å². The van der Waals surface area contributed by atoms with Crippen LogP contribution in [0.25, 0.3) is 0 Å². The lowest BCUT2D eigenvalue weighted by atomic mass is 10.2. The molecule has 0 bridgehead atoms. The van der Waals surface area contributed by atoms with E-state index in [1.54, 1.807) is 11.3 Å². The molecule has 110 valence electrons. The lowest BCUT2D eigenvalue weighted by Crippen LogP contribution is -2.28. The number of benzene rings is 1. The number of aryl methyl sites for hydroxylation is 1. The molecule has 0 aliphatic heterocycles. The molecular weight excluding hydrogens is 312 g/mol. The predicted octanol–water partition coefficient (Wildman–Crippen LogP) is 3.73. The number of amides is 2. The standard InChI is InChI=1S/C14H13ClN2O3S/c1-8-6-21-7-10(8)5-16-14(20)17-12-3-9(13(18)19)2-11(15)4-12/h2-4,6-7H,5H2,1H3,(H,18,19)(H2,16,17,20). The van der Waals surface area contributed by atoms with Gasteiger partial charge in [0.05, 0.1) is 5.56 Å². The third-order valence-corrected chi connectivity index (χ3v) is 3.93. The highest BCUT2D eigenvalue weighted by Crippen LogP contribution is 2.19. The van der Waals surface area contributed by atoms with Crippen molar-refractivity contribution in [3.63, 3.8) is 0 Å². The second kappa shape index (κ2) is 6.60. The van der Waals surface area contributed by atoms with Gasteiger partial charge in [-0.05, 0) is 47.0 Å². The number of halogens is 1. The topological polar surface area (TPSA) is 78.4 Å². The lowest BCUT2D eigenvalue weighted by Gasteiger charge is -2.09. The maximum Gasteiger partial charge on any atom is 0.335 e. The number of carboxylic acids is 1.